The van der Waals surface area contributed by atoms with Gasteiger partial charge in [0.25, 0.3) is 0 Å². The second-order valence-corrected chi connectivity index (χ2v) is 4.79. The zero-order chi connectivity index (χ0) is 18.4. The molecule has 0 atom stereocenters. The number of rotatable bonds is 6. The van der Waals surface area contributed by atoms with E-state index in [1.165, 1.54) is 24.3 Å². The van der Waals surface area contributed by atoms with Gasteiger partial charge in [-0.05, 0) is 24.3 Å². The fraction of sp³-hybridized carbons (Fsp3) is 0.0588. The second kappa shape index (κ2) is 7.52. The average Bonchev–Trinajstić information content (AvgIpc) is 2.55. The monoisotopic (exact) mass is 351 g/mol. The van der Waals surface area contributed by atoms with Crippen molar-refractivity contribution in [3.8, 4) is 5.75 Å². The van der Waals surface area contributed by atoms with Crippen LogP contribution in [0.15, 0.2) is 66.4 Å². The van der Waals surface area contributed by atoms with Gasteiger partial charge in [0.1, 0.15) is 11.4 Å². The Labute approximate surface area is 140 Å². The zero-order valence-corrected chi connectivity index (χ0v) is 12.6. The summed E-state index contributed by atoms with van der Waals surface area (Å²) >= 11 is 0. The standard InChI is InChI=1S/C17H12F3NO4/c18-17(19,20)25-13-8-6-12(7-9-13)21-14(16(23)24)10-15(22)11-4-2-1-3-5-11/h1-10,21H,(H,23,24)/b14-10-. The van der Waals surface area contributed by atoms with Crippen LogP contribution in [0.1, 0.15) is 10.4 Å². The summed E-state index contributed by atoms with van der Waals surface area (Å²) in [6, 6.07) is 12.5. The number of carboxylic acid groups (broad SMARTS) is 1. The molecule has 0 bridgehead atoms. The third-order valence-electron chi connectivity index (χ3n) is 2.93. The molecule has 0 saturated carbocycles. The van der Waals surface area contributed by atoms with Gasteiger partial charge in [-0.3, -0.25) is 4.79 Å². The molecule has 0 radical (unpaired) electrons. The van der Waals surface area contributed by atoms with Crippen molar-refractivity contribution >= 4 is 17.4 Å². The van der Waals surface area contributed by atoms with Crippen LogP contribution in [-0.4, -0.2) is 23.2 Å². The van der Waals surface area contributed by atoms with Gasteiger partial charge in [0.15, 0.2) is 5.78 Å². The number of carbonyl (C=O) groups excluding carboxylic acids is 1. The molecule has 0 fully saturated rings. The molecule has 8 heteroatoms. The lowest BCUT2D eigenvalue weighted by molar-refractivity contribution is -0.274. The van der Waals surface area contributed by atoms with Crippen LogP contribution in [0.4, 0.5) is 18.9 Å². The number of carboxylic acids is 1. The first kappa shape index (κ1) is 18.1. The summed E-state index contributed by atoms with van der Waals surface area (Å²) in [7, 11) is 0. The number of hydrogen-bond donors (Lipinski definition) is 2. The van der Waals surface area contributed by atoms with Crippen molar-refractivity contribution in [2.75, 3.05) is 5.32 Å². The summed E-state index contributed by atoms with van der Waals surface area (Å²) in [5, 5.41) is 11.7. The maximum Gasteiger partial charge on any atom is 0.573 e. The second-order valence-electron chi connectivity index (χ2n) is 4.79. The van der Waals surface area contributed by atoms with Gasteiger partial charge in [-0.2, -0.15) is 0 Å². The first-order valence-corrected chi connectivity index (χ1v) is 6.92. The van der Waals surface area contributed by atoms with Crippen LogP contribution in [0.25, 0.3) is 0 Å². The van der Waals surface area contributed by atoms with E-state index in [1.54, 1.807) is 18.2 Å². The fourth-order valence-corrected chi connectivity index (χ4v) is 1.86. The van der Waals surface area contributed by atoms with Gasteiger partial charge in [-0.25, -0.2) is 4.79 Å². The predicted molar refractivity (Wildman–Crippen MR) is 83.2 cm³/mol. The number of hydrogen-bond acceptors (Lipinski definition) is 4. The molecule has 130 valence electrons. The number of ketones is 1. The molecule has 5 nitrogen and oxygen atoms in total. The van der Waals surface area contributed by atoms with Crippen LogP contribution >= 0.6 is 0 Å². The Morgan fingerprint density at radius 3 is 2.12 bits per heavy atom. The maximum atomic E-state index is 12.1. The molecule has 0 unspecified atom stereocenters. The smallest absolute Gasteiger partial charge is 0.477 e. The molecule has 0 aromatic heterocycles. The largest absolute Gasteiger partial charge is 0.573 e. The number of benzene rings is 2. The molecule has 0 heterocycles. The van der Waals surface area contributed by atoms with Gasteiger partial charge >= 0.3 is 12.3 Å². The Bertz CT molecular complexity index is 784. The summed E-state index contributed by atoms with van der Waals surface area (Å²) in [5.74, 6) is -2.36. The molecular formula is C17H12F3NO4. The lowest BCUT2D eigenvalue weighted by Crippen LogP contribution is -2.17. The van der Waals surface area contributed by atoms with Gasteiger partial charge < -0.3 is 15.2 Å². The molecule has 0 aliphatic heterocycles. The van der Waals surface area contributed by atoms with E-state index in [9.17, 15) is 27.9 Å². The summed E-state index contributed by atoms with van der Waals surface area (Å²) < 4.78 is 40.0. The van der Waals surface area contributed by atoms with Crippen molar-refractivity contribution < 1.29 is 32.6 Å². The van der Waals surface area contributed by atoms with E-state index in [0.717, 1.165) is 18.2 Å². The first-order valence-electron chi connectivity index (χ1n) is 6.92. The Morgan fingerprint density at radius 2 is 1.60 bits per heavy atom. The lowest BCUT2D eigenvalue weighted by atomic mass is 10.1. The van der Waals surface area contributed by atoms with Crippen LogP contribution in [0.3, 0.4) is 0 Å². The molecule has 0 aliphatic rings. The third kappa shape index (κ3) is 5.69. The van der Waals surface area contributed by atoms with Crippen molar-refractivity contribution in [2.45, 2.75) is 6.36 Å². The Morgan fingerprint density at radius 1 is 1.00 bits per heavy atom. The van der Waals surface area contributed by atoms with E-state index in [1.807, 2.05) is 0 Å². The van der Waals surface area contributed by atoms with E-state index in [2.05, 4.69) is 10.1 Å². The van der Waals surface area contributed by atoms with Gasteiger partial charge in [0.05, 0.1) is 0 Å². The number of carbonyl (C=O) groups is 2. The topological polar surface area (TPSA) is 75.6 Å². The van der Waals surface area contributed by atoms with Crippen LogP contribution in [0, 0.1) is 0 Å². The lowest BCUT2D eigenvalue weighted by Gasteiger charge is -2.10. The predicted octanol–water partition coefficient (Wildman–Crippen LogP) is 3.85. The third-order valence-corrected chi connectivity index (χ3v) is 2.93. The quantitative estimate of drug-likeness (QED) is 0.611. The van der Waals surface area contributed by atoms with E-state index < -0.39 is 29.6 Å². The number of anilines is 1. The zero-order valence-electron chi connectivity index (χ0n) is 12.6. The van der Waals surface area contributed by atoms with E-state index in [4.69, 9.17) is 0 Å². The minimum atomic E-state index is -4.82. The van der Waals surface area contributed by atoms with Crippen LogP contribution in [0.2, 0.25) is 0 Å². The minimum absolute atomic E-state index is 0.184. The number of nitrogens with one attached hydrogen (secondary N) is 1. The van der Waals surface area contributed by atoms with E-state index >= 15 is 0 Å². The molecule has 0 saturated heterocycles. The summed E-state index contributed by atoms with van der Waals surface area (Å²) in [6.45, 7) is 0. The van der Waals surface area contributed by atoms with Crippen molar-refractivity contribution in [3.05, 3.63) is 71.9 Å². The van der Waals surface area contributed by atoms with E-state index in [0.29, 0.717) is 5.56 Å². The highest BCUT2D eigenvalue weighted by Crippen LogP contribution is 2.24. The highest BCUT2D eigenvalue weighted by Gasteiger charge is 2.30. The van der Waals surface area contributed by atoms with Crippen LogP contribution in [-0.2, 0) is 4.79 Å². The Balaban J connectivity index is 2.15. The van der Waals surface area contributed by atoms with Crippen molar-refractivity contribution in [1.82, 2.24) is 0 Å². The number of allylic oxidation sites excluding steroid dienone is 1. The van der Waals surface area contributed by atoms with Crippen LogP contribution in [0.5, 0.6) is 5.75 Å². The SMILES string of the molecule is O=C(O)/C(=C/C(=O)c1ccccc1)Nc1ccc(OC(F)(F)F)cc1. The van der Waals surface area contributed by atoms with Crippen molar-refractivity contribution in [2.24, 2.45) is 0 Å². The molecule has 0 spiro atoms. The molecule has 0 aliphatic carbocycles. The van der Waals surface area contributed by atoms with Gasteiger partial charge in [0.2, 0.25) is 0 Å². The number of alkyl halides is 3. The van der Waals surface area contributed by atoms with Crippen molar-refractivity contribution in [1.29, 1.82) is 0 Å². The normalized spacial score (nSPS) is 11.7. The highest BCUT2D eigenvalue weighted by atomic mass is 19.4. The van der Waals surface area contributed by atoms with Crippen LogP contribution < -0.4 is 10.1 Å². The Kier molecular flexibility index (Phi) is 5.43. The average molecular weight is 351 g/mol. The number of halogens is 3. The highest BCUT2D eigenvalue weighted by molar-refractivity contribution is 6.09. The summed E-state index contributed by atoms with van der Waals surface area (Å²) in [4.78, 5) is 23.3. The summed E-state index contributed by atoms with van der Waals surface area (Å²) in [6.07, 6.45) is -3.92. The van der Waals surface area contributed by atoms with Crippen molar-refractivity contribution in [3.63, 3.8) is 0 Å². The fourth-order valence-electron chi connectivity index (χ4n) is 1.86. The maximum absolute atomic E-state index is 12.1. The van der Waals surface area contributed by atoms with Gasteiger partial charge in [0, 0.05) is 17.3 Å². The van der Waals surface area contributed by atoms with Gasteiger partial charge in [-0.1, -0.05) is 30.3 Å². The molecule has 2 rings (SSSR count). The molecule has 25 heavy (non-hydrogen) atoms. The minimum Gasteiger partial charge on any atom is -0.477 e. The number of aliphatic carboxylic acids is 1. The molecule has 2 aromatic rings. The molecule has 0 amide bonds. The summed E-state index contributed by atoms with van der Waals surface area (Å²) in [5.41, 5.74) is 0.0688. The van der Waals surface area contributed by atoms with Gasteiger partial charge in [-0.15, -0.1) is 13.2 Å². The molecule has 2 aromatic carbocycles. The number of ether oxygens (including phenoxy) is 1. The Hall–Kier alpha value is -3.29. The molecular weight excluding hydrogens is 339 g/mol. The first-order chi connectivity index (χ1) is 11.7. The van der Waals surface area contributed by atoms with E-state index in [-0.39, 0.29) is 5.69 Å². The molecule has 2 N–H and O–H groups in total.